The number of carboxylic acid groups (broad SMARTS) is 1. The molecule has 0 radical (unpaired) electrons. The lowest BCUT2D eigenvalue weighted by molar-refractivity contribution is -0.139. The van der Waals surface area contributed by atoms with Gasteiger partial charge in [-0.15, -0.1) is 0 Å². The van der Waals surface area contributed by atoms with Crippen molar-refractivity contribution in [3.05, 3.63) is 78.4 Å². The molecule has 1 aliphatic rings. The van der Waals surface area contributed by atoms with Gasteiger partial charge in [-0.05, 0) is 41.0 Å². The Balaban J connectivity index is 1.79. The van der Waals surface area contributed by atoms with Crippen molar-refractivity contribution in [2.75, 3.05) is 0 Å². The Bertz CT molecular complexity index is 1100. The molecule has 1 saturated heterocycles. The van der Waals surface area contributed by atoms with Crippen LogP contribution >= 0.6 is 0 Å². The Morgan fingerprint density at radius 2 is 1.59 bits per heavy atom. The molecule has 3 aromatic rings. The summed E-state index contributed by atoms with van der Waals surface area (Å²) in [6.07, 6.45) is 0.0318. The first-order valence-electron chi connectivity index (χ1n) is 8.73. The second-order valence-electron chi connectivity index (χ2n) is 6.77. The summed E-state index contributed by atoms with van der Waals surface area (Å²) >= 11 is 0. The lowest BCUT2D eigenvalue weighted by Crippen LogP contribution is -2.32. The van der Waals surface area contributed by atoms with Gasteiger partial charge >= 0.3 is 5.97 Å². The summed E-state index contributed by atoms with van der Waals surface area (Å²) in [6.45, 7) is 0. The first-order valence-corrected chi connectivity index (χ1v) is 10.3. The summed E-state index contributed by atoms with van der Waals surface area (Å²) in [5.74, 6) is -1.04. The maximum absolute atomic E-state index is 13.2. The van der Waals surface area contributed by atoms with Gasteiger partial charge in [0, 0.05) is 0 Å². The first kappa shape index (κ1) is 17.7. The molecule has 0 unspecified atom stereocenters. The van der Waals surface area contributed by atoms with Crippen LogP contribution in [0, 0.1) is 0 Å². The van der Waals surface area contributed by atoms with Gasteiger partial charge in [-0.25, -0.2) is 8.42 Å². The Labute approximate surface area is 157 Å². The van der Waals surface area contributed by atoms with Crippen LogP contribution in [0.5, 0.6) is 0 Å². The molecule has 27 heavy (non-hydrogen) atoms. The molecule has 1 aliphatic heterocycles. The summed E-state index contributed by atoms with van der Waals surface area (Å²) < 4.78 is 26.4. The summed E-state index contributed by atoms with van der Waals surface area (Å²) in [5, 5.41) is 13.7. The number of nitrogens with one attached hydrogen (secondary N) is 1. The number of hydrogen-bond donors (Lipinski definition) is 2. The number of rotatable bonds is 4. The quantitative estimate of drug-likeness (QED) is 0.725. The van der Waals surface area contributed by atoms with Gasteiger partial charge in [0.25, 0.3) is 0 Å². The molecule has 0 amide bonds. The number of carbonyl (C=O) groups is 1. The van der Waals surface area contributed by atoms with Gasteiger partial charge in [-0.2, -0.15) is 0 Å². The minimum atomic E-state index is -3.68. The predicted molar refractivity (Wildman–Crippen MR) is 103 cm³/mol. The number of aliphatic carboxylic acids is 1. The van der Waals surface area contributed by atoms with Crippen LogP contribution in [0.3, 0.4) is 0 Å². The van der Waals surface area contributed by atoms with Crippen molar-refractivity contribution in [1.29, 1.82) is 0 Å². The van der Waals surface area contributed by atoms with E-state index in [1.54, 1.807) is 30.3 Å². The molecule has 5 nitrogen and oxygen atoms in total. The Morgan fingerprint density at radius 1 is 0.926 bits per heavy atom. The van der Waals surface area contributed by atoms with Gasteiger partial charge in [0.15, 0.2) is 9.84 Å². The maximum atomic E-state index is 13.2. The van der Waals surface area contributed by atoms with Crippen molar-refractivity contribution in [2.24, 2.45) is 0 Å². The minimum Gasteiger partial charge on any atom is -0.480 e. The average molecular weight is 381 g/mol. The first-order chi connectivity index (χ1) is 13.0. The number of benzene rings is 3. The molecule has 0 aromatic heterocycles. The molecule has 0 spiro atoms. The molecule has 3 atom stereocenters. The highest BCUT2D eigenvalue weighted by molar-refractivity contribution is 7.92. The van der Waals surface area contributed by atoms with E-state index in [0.717, 1.165) is 16.3 Å². The highest BCUT2D eigenvalue weighted by atomic mass is 32.2. The highest BCUT2D eigenvalue weighted by Gasteiger charge is 2.45. The standard InChI is InChI=1S/C21H19NO4S/c23-21(24)18-13-19(27(25,26)17-8-2-1-3-9-17)20(22-18)16-11-10-14-6-4-5-7-15(14)12-16/h1-12,18-20,22H,13H2,(H,23,24)/t18-,19+,20-/m1/s1. The van der Waals surface area contributed by atoms with Crippen molar-refractivity contribution >= 4 is 26.6 Å². The SMILES string of the molecule is O=C(O)[C@H]1C[C@H](S(=O)(=O)c2ccccc2)[C@@H](c2ccc3ccccc3c2)N1. The van der Waals surface area contributed by atoms with Crippen LogP contribution in [-0.2, 0) is 14.6 Å². The molecule has 1 fully saturated rings. The normalized spacial score (nSPS) is 22.7. The molecule has 4 rings (SSSR count). The van der Waals surface area contributed by atoms with Crippen LogP contribution in [0.4, 0.5) is 0 Å². The van der Waals surface area contributed by atoms with Gasteiger partial charge in [0.1, 0.15) is 6.04 Å². The van der Waals surface area contributed by atoms with Crippen molar-refractivity contribution in [3.8, 4) is 0 Å². The van der Waals surface area contributed by atoms with Gasteiger partial charge in [-0.3, -0.25) is 10.1 Å². The number of fused-ring (bicyclic) bond motifs is 1. The van der Waals surface area contributed by atoms with E-state index >= 15 is 0 Å². The van der Waals surface area contributed by atoms with Crippen molar-refractivity contribution in [3.63, 3.8) is 0 Å². The molecule has 138 valence electrons. The number of sulfone groups is 1. The Kier molecular flexibility index (Phi) is 4.45. The molecule has 1 heterocycles. The fourth-order valence-electron chi connectivity index (χ4n) is 3.74. The lowest BCUT2D eigenvalue weighted by Gasteiger charge is -2.21. The van der Waals surface area contributed by atoms with Crippen LogP contribution < -0.4 is 5.32 Å². The monoisotopic (exact) mass is 381 g/mol. The summed E-state index contributed by atoms with van der Waals surface area (Å²) in [6, 6.07) is 20.3. The molecule has 3 aromatic carbocycles. The average Bonchev–Trinajstić information content (AvgIpc) is 3.15. The molecule has 0 saturated carbocycles. The predicted octanol–water partition coefficient (Wildman–Crippen LogP) is 3.17. The van der Waals surface area contributed by atoms with Crippen molar-refractivity contribution in [2.45, 2.75) is 28.6 Å². The van der Waals surface area contributed by atoms with E-state index in [2.05, 4.69) is 5.32 Å². The van der Waals surface area contributed by atoms with E-state index in [1.165, 1.54) is 0 Å². The topological polar surface area (TPSA) is 83.5 Å². The molecule has 2 N–H and O–H groups in total. The molecule has 0 bridgehead atoms. The number of carboxylic acids is 1. The second kappa shape index (κ2) is 6.79. The van der Waals surface area contributed by atoms with Crippen LogP contribution in [0.2, 0.25) is 0 Å². The van der Waals surface area contributed by atoms with Gasteiger partial charge in [0.05, 0.1) is 16.2 Å². The zero-order valence-electron chi connectivity index (χ0n) is 14.4. The summed E-state index contributed by atoms with van der Waals surface area (Å²) in [4.78, 5) is 11.8. The van der Waals surface area contributed by atoms with Crippen LogP contribution in [0.1, 0.15) is 18.0 Å². The van der Waals surface area contributed by atoms with E-state index in [-0.39, 0.29) is 11.3 Å². The zero-order valence-corrected chi connectivity index (χ0v) is 15.3. The Hall–Kier alpha value is -2.70. The zero-order chi connectivity index (χ0) is 19.0. The molecule has 0 aliphatic carbocycles. The third-order valence-corrected chi connectivity index (χ3v) is 7.31. The smallest absolute Gasteiger partial charge is 0.320 e. The third kappa shape index (κ3) is 3.22. The Morgan fingerprint density at radius 3 is 2.30 bits per heavy atom. The largest absolute Gasteiger partial charge is 0.480 e. The van der Waals surface area contributed by atoms with Gasteiger partial charge in [0.2, 0.25) is 0 Å². The minimum absolute atomic E-state index is 0.0318. The second-order valence-corrected chi connectivity index (χ2v) is 8.94. The third-order valence-electron chi connectivity index (χ3n) is 5.12. The molecular formula is C21H19NO4S. The van der Waals surface area contributed by atoms with Crippen LogP contribution in [0.25, 0.3) is 10.8 Å². The van der Waals surface area contributed by atoms with E-state index in [1.807, 2.05) is 42.5 Å². The van der Waals surface area contributed by atoms with E-state index in [0.29, 0.717) is 0 Å². The fourth-order valence-corrected chi connectivity index (χ4v) is 5.66. The van der Waals surface area contributed by atoms with Gasteiger partial charge < -0.3 is 5.11 Å². The maximum Gasteiger partial charge on any atom is 0.320 e. The highest BCUT2D eigenvalue weighted by Crippen LogP contribution is 2.36. The van der Waals surface area contributed by atoms with Crippen molar-refractivity contribution in [1.82, 2.24) is 5.32 Å². The van der Waals surface area contributed by atoms with Gasteiger partial charge in [-0.1, -0.05) is 54.6 Å². The van der Waals surface area contributed by atoms with E-state index in [4.69, 9.17) is 0 Å². The number of hydrogen-bond acceptors (Lipinski definition) is 4. The van der Waals surface area contributed by atoms with Crippen LogP contribution in [-0.4, -0.2) is 30.8 Å². The molecule has 6 heteroatoms. The molecular weight excluding hydrogens is 362 g/mol. The van der Waals surface area contributed by atoms with Crippen molar-refractivity contribution < 1.29 is 18.3 Å². The fraction of sp³-hybridized carbons (Fsp3) is 0.190. The van der Waals surface area contributed by atoms with E-state index in [9.17, 15) is 18.3 Å². The summed E-state index contributed by atoms with van der Waals surface area (Å²) in [5.41, 5.74) is 0.780. The summed E-state index contributed by atoms with van der Waals surface area (Å²) in [7, 11) is -3.68. The van der Waals surface area contributed by atoms with Crippen LogP contribution in [0.15, 0.2) is 77.7 Å². The van der Waals surface area contributed by atoms with E-state index < -0.39 is 33.1 Å². The lowest BCUT2D eigenvalue weighted by atomic mass is 10.0.